The van der Waals surface area contributed by atoms with Gasteiger partial charge in [-0.2, -0.15) is 0 Å². The minimum Gasteiger partial charge on any atom is -0.479 e. The molecular formula is C17H26O3Si. The normalized spacial score (nSPS) is 44.5. The molecule has 0 radical (unpaired) electrons. The van der Waals surface area contributed by atoms with E-state index in [1.54, 1.807) is 0 Å². The van der Waals surface area contributed by atoms with Crippen LogP contribution in [-0.4, -0.2) is 19.4 Å². The van der Waals surface area contributed by atoms with E-state index in [0.717, 1.165) is 0 Å². The largest absolute Gasteiger partial charge is 0.479 e. The molecule has 0 saturated heterocycles. The fraction of sp³-hybridized carbons (Fsp3) is 0.588. The van der Waals surface area contributed by atoms with Gasteiger partial charge in [0.2, 0.25) is 0 Å². The standard InChI is InChI=1S/C17H26O3Si/c1-21(2,3)20-17(16(18)19,14-10-6-4-7-11-14)15-12-8-5-9-13-15/h4,6-7,10-11,15H,5,8-9,12-13H2,1-3H3,(H,18,19)/i4D,5D2,6D,7D,8D2,9D2,10D,11D,12D2,13D2,15D. The molecule has 1 atom stereocenters. The Morgan fingerprint density at radius 3 is 2.38 bits per heavy atom. The van der Waals surface area contributed by atoms with E-state index in [0.29, 0.717) is 0 Å². The van der Waals surface area contributed by atoms with E-state index in [9.17, 15) is 9.90 Å². The van der Waals surface area contributed by atoms with Crippen molar-refractivity contribution in [2.75, 3.05) is 0 Å². The van der Waals surface area contributed by atoms with Gasteiger partial charge in [-0.3, -0.25) is 0 Å². The summed E-state index contributed by atoms with van der Waals surface area (Å²) in [6.07, 6.45) is -20.7. The highest BCUT2D eigenvalue weighted by Crippen LogP contribution is 2.44. The molecule has 1 saturated carbocycles. The van der Waals surface area contributed by atoms with Crippen molar-refractivity contribution in [1.29, 1.82) is 0 Å². The molecule has 1 aromatic carbocycles. The minimum atomic E-state index is -4.33. The number of hydrogen-bond donors (Lipinski definition) is 1. The van der Waals surface area contributed by atoms with E-state index in [2.05, 4.69) is 0 Å². The molecule has 1 aromatic rings. The van der Waals surface area contributed by atoms with E-state index in [1.165, 1.54) is 19.6 Å². The molecule has 0 amide bonds. The van der Waals surface area contributed by atoms with Crippen molar-refractivity contribution in [1.82, 2.24) is 0 Å². The molecule has 0 aromatic heterocycles. The lowest BCUT2D eigenvalue weighted by Crippen LogP contribution is -2.51. The second-order valence-electron chi connectivity index (χ2n) is 5.20. The van der Waals surface area contributed by atoms with Crippen LogP contribution in [0.1, 0.15) is 59.4 Å². The van der Waals surface area contributed by atoms with Crippen LogP contribution < -0.4 is 0 Å². The zero-order chi connectivity index (χ0) is 29.7. The van der Waals surface area contributed by atoms with Crippen LogP contribution in [0.15, 0.2) is 30.2 Å². The number of carboxylic acids is 1. The predicted molar refractivity (Wildman–Crippen MR) is 86.8 cm³/mol. The van der Waals surface area contributed by atoms with Gasteiger partial charge in [0.25, 0.3) is 0 Å². The summed E-state index contributed by atoms with van der Waals surface area (Å²) >= 11 is 0. The number of carboxylic acid groups (broad SMARTS) is 1. The highest BCUT2D eigenvalue weighted by Gasteiger charge is 2.50. The van der Waals surface area contributed by atoms with E-state index in [1.807, 2.05) is 0 Å². The molecule has 0 aliphatic heterocycles. The molecule has 0 spiro atoms. The molecule has 1 N–H and O–H groups in total. The fourth-order valence-corrected chi connectivity index (χ4v) is 3.01. The summed E-state index contributed by atoms with van der Waals surface area (Å²) in [6.45, 7) is 3.87. The lowest BCUT2D eigenvalue weighted by molar-refractivity contribution is -0.165. The molecule has 116 valence electrons. The highest BCUT2D eigenvalue weighted by molar-refractivity contribution is 6.70. The van der Waals surface area contributed by atoms with Crippen LogP contribution in [0.25, 0.3) is 0 Å². The van der Waals surface area contributed by atoms with Crippen molar-refractivity contribution in [2.45, 2.75) is 57.1 Å². The van der Waals surface area contributed by atoms with Gasteiger partial charge in [0.05, 0.1) is 6.85 Å². The first-order valence-electron chi connectivity index (χ1n) is 14.1. The van der Waals surface area contributed by atoms with Gasteiger partial charge in [0.15, 0.2) is 13.9 Å². The zero-order valence-electron chi connectivity index (χ0n) is 27.8. The third-order valence-corrected chi connectivity index (χ3v) is 3.38. The summed E-state index contributed by atoms with van der Waals surface area (Å²) in [4.78, 5) is 13.1. The lowest BCUT2D eigenvalue weighted by Gasteiger charge is -2.43. The molecule has 0 bridgehead atoms. The molecule has 2 rings (SSSR count). The third-order valence-electron chi connectivity index (χ3n) is 2.46. The Morgan fingerprint density at radius 1 is 1.33 bits per heavy atom. The number of rotatable bonds is 5. The number of benzene rings is 1. The van der Waals surface area contributed by atoms with Crippen LogP contribution in [0.2, 0.25) is 19.6 Å². The van der Waals surface area contributed by atoms with Crippen LogP contribution in [0.3, 0.4) is 0 Å². The molecule has 1 fully saturated rings. The minimum absolute atomic E-state index is 1.01. The third kappa shape index (κ3) is 3.55. The van der Waals surface area contributed by atoms with Crippen LogP contribution in [0, 0.1) is 5.89 Å². The highest BCUT2D eigenvalue weighted by atomic mass is 28.4. The maximum absolute atomic E-state index is 13.1. The van der Waals surface area contributed by atoms with Gasteiger partial charge in [0, 0.05) is 21.0 Å². The van der Waals surface area contributed by atoms with Gasteiger partial charge in [-0.15, -0.1) is 0 Å². The average molecular weight is 323 g/mol. The number of carbonyl (C=O) groups is 1. The Bertz CT molecular complexity index is 1090. The topological polar surface area (TPSA) is 46.5 Å². The van der Waals surface area contributed by atoms with Gasteiger partial charge < -0.3 is 9.53 Å². The van der Waals surface area contributed by atoms with Crippen LogP contribution in [0.5, 0.6) is 0 Å². The number of aliphatic carboxylic acids is 1. The quantitative estimate of drug-likeness (QED) is 0.817. The molecule has 1 unspecified atom stereocenters. The van der Waals surface area contributed by atoms with Crippen molar-refractivity contribution in [2.24, 2.45) is 5.89 Å². The summed E-state index contributed by atoms with van der Waals surface area (Å²) < 4.78 is 138. The van der Waals surface area contributed by atoms with Crippen molar-refractivity contribution in [3.05, 3.63) is 35.8 Å². The first-order chi connectivity index (χ1) is 16.1. The van der Waals surface area contributed by atoms with E-state index in [4.69, 9.17) is 26.4 Å². The van der Waals surface area contributed by atoms with Gasteiger partial charge in [-0.05, 0) is 38.0 Å². The van der Waals surface area contributed by atoms with E-state index in [-0.39, 0.29) is 0 Å². The van der Waals surface area contributed by atoms with Crippen molar-refractivity contribution in [3.63, 3.8) is 0 Å². The molecular weight excluding hydrogens is 280 g/mol. The van der Waals surface area contributed by atoms with Gasteiger partial charge in [-0.1, -0.05) is 49.3 Å². The summed E-state index contributed by atoms with van der Waals surface area (Å²) in [5, 5.41) is 10.6. The van der Waals surface area contributed by atoms with Gasteiger partial charge >= 0.3 is 5.97 Å². The molecule has 4 heteroatoms. The lowest BCUT2D eigenvalue weighted by atomic mass is 9.73. The summed E-state index contributed by atoms with van der Waals surface area (Å²) in [7, 11) is -3.53. The average Bonchev–Trinajstić information content (AvgIpc) is 2.72. The molecule has 3 nitrogen and oxygen atoms in total. The second kappa shape index (κ2) is 6.32. The maximum Gasteiger partial charge on any atom is 0.339 e. The van der Waals surface area contributed by atoms with Gasteiger partial charge in [0.1, 0.15) is 0 Å². The zero-order valence-corrected chi connectivity index (χ0v) is 12.8. The van der Waals surface area contributed by atoms with Crippen LogP contribution in [-0.2, 0) is 14.8 Å². The first-order valence-corrected chi connectivity index (χ1v) is 9.49. The molecule has 1 aliphatic rings. The second-order valence-corrected chi connectivity index (χ2v) is 9.63. The Kier molecular flexibility index (Phi) is 1.57. The van der Waals surface area contributed by atoms with E-state index >= 15 is 0 Å². The monoisotopic (exact) mass is 322 g/mol. The molecule has 1 aliphatic carbocycles. The fourth-order valence-electron chi connectivity index (χ4n) is 1.80. The molecule has 0 heterocycles. The van der Waals surface area contributed by atoms with Gasteiger partial charge in [-0.25, -0.2) is 4.79 Å². The Hall–Kier alpha value is -1.13. The van der Waals surface area contributed by atoms with Crippen LogP contribution >= 0.6 is 0 Å². The Labute approximate surface area is 150 Å². The molecule has 21 heavy (non-hydrogen) atoms. The summed E-state index contributed by atoms with van der Waals surface area (Å²) in [6, 6.07) is -5.95. The summed E-state index contributed by atoms with van der Waals surface area (Å²) in [5.74, 6) is -6.78. The predicted octanol–water partition coefficient (Wildman–Crippen LogP) is 4.40. The SMILES string of the molecule is [2H]c1c([2H])c([2H])c(C(O[Si](C)(C)C)(C(=O)O)C2([2H])C([2H])([2H])C([2H])([2H])C([2H])([2H])C([2H])([2H])C2([2H])[2H])c([2H])c1[2H]. The first kappa shape index (κ1) is 5.20. The Balaban J connectivity index is 3.43. The Morgan fingerprint density at radius 2 is 1.90 bits per heavy atom. The number of hydrogen-bond acceptors (Lipinski definition) is 2. The summed E-state index contributed by atoms with van der Waals surface area (Å²) in [5.41, 5.74) is -5.37. The van der Waals surface area contributed by atoms with Crippen molar-refractivity contribution >= 4 is 14.3 Å². The van der Waals surface area contributed by atoms with E-state index < -0.39 is 93.4 Å². The van der Waals surface area contributed by atoms with Crippen molar-refractivity contribution < 1.29 is 36.3 Å². The van der Waals surface area contributed by atoms with Crippen molar-refractivity contribution in [3.8, 4) is 0 Å². The maximum atomic E-state index is 13.1. The smallest absolute Gasteiger partial charge is 0.339 e. The van der Waals surface area contributed by atoms with Crippen LogP contribution in [0.4, 0.5) is 0 Å².